The van der Waals surface area contributed by atoms with E-state index in [0.717, 1.165) is 38.6 Å². The second-order valence-electron chi connectivity index (χ2n) is 6.95. The number of nitrogens with zero attached hydrogens (tertiary/aromatic N) is 1. The van der Waals surface area contributed by atoms with Crippen LogP contribution in [0.15, 0.2) is 78.9 Å². The molecule has 0 radical (unpaired) electrons. The third-order valence-corrected chi connectivity index (χ3v) is 4.83. The molecule has 3 aromatic carbocycles. The van der Waals surface area contributed by atoms with E-state index in [0.29, 0.717) is 17.0 Å². The van der Waals surface area contributed by atoms with E-state index in [1.165, 1.54) is 5.56 Å². The quantitative estimate of drug-likeness (QED) is 0.672. The monoisotopic (exact) mass is 388 g/mol. The summed E-state index contributed by atoms with van der Waals surface area (Å²) in [6.45, 7) is 4.33. The maximum atomic E-state index is 12.7. The third kappa shape index (κ3) is 5.22. The predicted octanol–water partition coefficient (Wildman–Crippen LogP) is 4.56. The smallest absolute Gasteiger partial charge is 0.255 e. The van der Waals surface area contributed by atoms with Crippen LogP contribution < -0.4 is 10.1 Å². The maximum absolute atomic E-state index is 12.7. The summed E-state index contributed by atoms with van der Waals surface area (Å²) in [6, 6.07) is 24.7. The molecular weight excluding hydrogens is 364 g/mol. The van der Waals surface area contributed by atoms with Crippen molar-refractivity contribution in [2.45, 2.75) is 6.54 Å². The Labute approximate surface area is 170 Å². The van der Waals surface area contributed by atoms with Crippen molar-refractivity contribution in [1.29, 1.82) is 0 Å². The van der Waals surface area contributed by atoms with E-state index in [2.05, 4.69) is 10.2 Å². The molecule has 0 aliphatic carbocycles. The lowest BCUT2D eigenvalue weighted by molar-refractivity contribution is 0.0342. The molecule has 1 heterocycles. The van der Waals surface area contributed by atoms with Gasteiger partial charge in [-0.05, 0) is 42.0 Å². The molecular formula is C24H24N2O3. The lowest BCUT2D eigenvalue weighted by Crippen LogP contribution is -2.35. The average molecular weight is 388 g/mol. The maximum Gasteiger partial charge on any atom is 0.255 e. The molecule has 0 unspecified atom stereocenters. The Bertz CT molecular complexity index is 936. The van der Waals surface area contributed by atoms with Crippen LogP contribution in [0, 0.1) is 0 Å². The highest BCUT2D eigenvalue weighted by molar-refractivity contribution is 6.05. The van der Waals surface area contributed by atoms with Gasteiger partial charge in [-0.2, -0.15) is 0 Å². The molecule has 1 aliphatic rings. The van der Waals surface area contributed by atoms with Crippen molar-refractivity contribution in [2.24, 2.45) is 0 Å². The van der Waals surface area contributed by atoms with E-state index in [1.807, 2.05) is 78.9 Å². The van der Waals surface area contributed by atoms with E-state index in [9.17, 15) is 4.79 Å². The molecule has 0 saturated carbocycles. The third-order valence-electron chi connectivity index (χ3n) is 4.83. The van der Waals surface area contributed by atoms with E-state index in [-0.39, 0.29) is 5.91 Å². The predicted molar refractivity (Wildman–Crippen MR) is 113 cm³/mol. The minimum atomic E-state index is -0.160. The van der Waals surface area contributed by atoms with Gasteiger partial charge in [0.2, 0.25) is 0 Å². The van der Waals surface area contributed by atoms with Gasteiger partial charge in [0.1, 0.15) is 5.75 Å². The van der Waals surface area contributed by atoms with Crippen molar-refractivity contribution in [3.63, 3.8) is 0 Å². The minimum absolute atomic E-state index is 0.160. The zero-order valence-electron chi connectivity index (χ0n) is 16.2. The largest absolute Gasteiger partial charge is 0.455 e. The number of morpholine rings is 1. The Morgan fingerprint density at radius 2 is 1.59 bits per heavy atom. The van der Waals surface area contributed by atoms with E-state index in [4.69, 9.17) is 9.47 Å². The number of hydrogen-bond acceptors (Lipinski definition) is 4. The SMILES string of the molecule is O=C(Nc1ccccc1Oc1ccccc1)c1ccc(CN2CCOCC2)cc1. The molecule has 1 saturated heterocycles. The molecule has 4 rings (SSSR count). The number of rotatable bonds is 6. The van der Waals surface area contributed by atoms with Crippen molar-refractivity contribution in [1.82, 2.24) is 4.90 Å². The van der Waals surface area contributed by atoms with Gasteiger partial charge in [-0.1, -0.05) is 42.5 Å². The lowest BCUT2D eigenvalue weighted by Gasteiger charge is -2.26. The number of carbonyl (C=O) groups is 1. The summed E-state index contributed by atoms with van der Waals surface area (Å²) in [5, 5.41) is 2.96. The summed E-state index contributed by atoms with van der Waals surface area (Å²) in [6.07, 6.45) is 0. The summed E-state index contributed by atoms with van der Waals surface area (Å²) >= 11 is 0. The standard InChI is InChI=1S/C24H24N2O3/c27-24(20-12-10-19(11-13-20)18-26-14-16-28-17-15-26)25-22-8-4-5-9-23(22)29-21-6-2-1-3-7-21/h1-13H,14-18H2,(H,25,27). The molecule has 5 heteroatoms. The Morgan fingerprint density at radius 1 is 0.897 bits per heavy atom. The van der Waals surface area contributed by atoms with Crippen molar-refractivity contribution < 1.29 is 14.3 Å². The van der Waals surface area contributed by atoms with Crippen LogP contribution in [0.25, 0.3) is 0 Å². The van der Waals surface area contributed by atoms with Gasteiger partial charge in [-0.15, -0.1) is 0 Å². The normalized spacial score (nSPS) is 14.3. The lowest BCUT2D eigenvalue weighted by atomic mass is 10.1. The molecule has 148 valence electrons. The fraction of sp³-hybridized carbons (Fsp3) is 0.208. The van der Waals surface area contributed by atoms with Gasteiger partial charge in [0, 0.05) is 25.2 Å². The summed E-state index contributed by atoms with van der Waals surface area (Å²) in [4.78, 5) is 15.1. The summed E-state index contributed by atoms with van der Waals surface area (Å²) in [5.41, 5.74) is 2.44. The molecule has 0 spiro atoms. The van der Waals surface area contributed by atoms with Gasteiger partial charge in [0.15, 0.2) is 5.75 Å². The number of hydrogen-bond donors (Lipinski definition) is 1. The van der Waals surface area contributed by atoms with E-state index in [1.54, 1.807) is 0 Å². The van der Waals surface area contributed by atoms with Crippen LogP contribution in [0.2, 0.25) is 0 Å². The van der Waals surface area contributed by atoms with Crippen molar-refractivity contribution in [3.05, 3.63) is 90.0 Å². The van der Waals surface area contributed by atoms with E-state index < -0.39 is 0 Å². The molecule has 29 heavy (non-hydrogen) atoms. The van der Waals surface area contributed by atoms with Crippen molar-refractivity contribution in [3.8, 4) is 11.5 Å². The Hall–Kier alpha value is -3.15. The van der Waals surface area contributed by atoms with Crippen molar-refractivity contribution >= 4 is 11.6 Å². The minimum Gasteiger partial charge on any atom is -0.455 e. The van der Waals surface area contributed by atoms with Gasteiger partial charge in [-0.3, -0.25) is 9.69 Å². The zero-order chi connectivity index (χ0) is 19.9. The Morgan fingerprint density at radius 3 is 2.34 bits per heavy atom. The first-order chi connectivity index (χ1) is 14.3. The van der Waals surface area contributed by atoms with Crippen LogP contribution in [0.5, 0.6) is 11.5 Å². The highest BCUT2D eigenvalue weighted by Crippen LogP contribution is 2.29. The molecule has 1 amide bonds. The van der Waals surface area contributed by atoms with Crippen LogP contribution in [-0.2, 0) is 11.3 Å². The second-order valence-corrected chi connectivity index (χ2v) is 6.95. The number of anilines is 1. The van der Waals surface area contributed by atoms with Gasteiger partial charge in [-0.25, -0.2) is 0 Å². The first kappa shape index (κ1) is 19.2. The van der Waals surface area contributed by atoms with Gasteiger partial charge >= 0.3 is 0 Å². The Balaban J connectivity index is 1.41. The summed E-state index contributed by atoms with van der Waals surface area (Å²) in [5.74, 6) is 1.17. The molecule has 3 aromatic rings. The number of ether oxygens (including phenoxy) is 2. The fourth-order valence-corrected chi connectivity index (χ4v) is 3.25. The molecule has 0 bridgehead atoms. The molecule has 5 nitrogen and oxygen atoms in total. The molecule has 0 aromatic heterocycles. The zero-order valence-corrected chi connectivity index (χ0v) is 16.2. The first-order valence-electron chi connectivity index (χ1n) is 9.80. The molecule has 1 fully saturated rings. The van der Waals surface area contributed by atoms with Gasteiger partial charge < -0.3 is 14.8 Å². The summed E-state index contributed by atoms with van der Waals surface area (Å²) < 4.78 is 11.3. The number of carbonyl (C=O) groups excluding carboxylic acids is 1. The topological polar surface area (TPSA) is 50.8 Å². The van der Waals surface area contributed by atoms with E-state index >= 15 is 0 Å². The number of nitrogens with one attached hydrogen (secondary N) is 1. The van der Waals surface area contributed by atoms with Gasteiger partial charge in [0.05, 0.1) is 18.9 Å². The highest BCUT2D eigenvalue weighted by atomic mass is 16.5. The highest BCUT2D eigenvalue weighted by Gasteiger charge is 2.13. The first-order valence-corrected chi connectivity index (χ1v) is 9.80. The second kappa shape index (κ2) is 9.37. The van der Waals surface area contributed by atoms with Crippen LogP contribution >= 0.6 is 0 Å². The number of amides is 1. The van der Waals surface area contributed by atoms with Crippen LogP contribution in [0.1, 0.15) is 15.9 Å². The number of benzene rings is 3. The molecule has 1 N–H and O–H groups in total. The molecule has 1 aliphatic heterocycles. The number of para-hydroxylation sites is 3. The van der Waals surface area contributed by atoms with Crippen LogP contribution in [0.4, 0.5) is 5.69 Å². The fourth-order valence-electron chi connectivity index (χ4n) is 3.25. The van der Waals surface area contributed by atoms with Crippen LogP contribution in [-0.4, -0.2) is 37.1 Å². The molecule has 0 atom stereocenters. The van der Waals surface area contributed by atoms with Gasteiger partial charge in [0.25, 0.3) is 5.91 Å². The van der Waals surface area contributed by atoms with Crippen LogP contribution in [0.3, 0.4) is 0 Å². The Kier molecular flexibility index (Phi) is 6.19. The average Bonchev–Trinajstić information content (AvgIpc) is 2.77. The van der Waals surface area contributed by atoms with Crippen molar-refractivity contribution in [2.75, 3.05) is 31.6 Å². The summed E-state index contributed by atoms with van der Waals surface area (Å²) in [7, 11) is 0.